The molecule has 1 N–H and O–H groups in total. The minimum absolute atomic E-state index is 0.115. The predicted octanol–water partition coefficient (Wildman–Crippen LogP) is 2.96. The summed E-state index contributed by atoms with van der Waals surface area (Å²) < 4.78 is 37.7. The number of thiophene rings is 1. The van der Waals surface area contributed by atoms with Crippen molar-refractivity contribution in [3.8, 4) is 22.2 Å². The first-order valence-corrected chi connectivity index (χ1v) is 10.7. The lowest BCUT2D eigenvalue weighted by atomic mass is 10.3. The molecule has 0 aliphatic rings. The summed E-state index contributed by atoms with van der Waals surface area (Å²) in [4.78, 5) is 1.20. The fourth-order valence-corrected chi connectivity index (χ4v) is 3.95. The molecule has 1 aromatic carbocycles. The highest BCUT2D eigenvalue weighted by Crippen LogP contribution is 2.22. The van der Waals surface area contributed by atoms with Gasteiger partial charge in [0, 0.05) is 12.6 Å². The van der Waals surface area contributed by atoms with Gasteiger partial charge in [0.1, 0.15) is 18.1 Å². The monoisotopic (exact) mass is 405 g/mol. The molecule has 0 bridgehead atoms. The van der Waals surface area contributed by atoms with Crippen LogP contribution in [0.15, 0.2) is 58.8 Å². The van der Waals surface area contributed by atoms with Crippen molar-refractivity contribution in [3.63, 3.8) is 0 Å². The van der Waals surface area contributed by atoms with Gasteiger partial charge in [-0.3, -0.25) is 0 Å². The number of aromatic nitrogens is 2. The maximum Gasteiger partial charge on any atom is 0.240 e. The fourth-order valence-electron chi connectivity index (χ4n) is 2.25. The van der Waals surface area contributed by atoms with E-state index in [1.165, 1.54) is 12.1 Å². The van der Waals surface area contributed by atoms with Crippen LogP contribution in [0.1, 0.15) is 6.92 Å². The molecule has 9 heteroatoms. The van der Waals surface area contributed by atoms with Gasteiger partial charge < -0.3 is 9.47 Å². The first kappa shape index (κ1) is 19.3. The van der Waals surface area contributed by atoms with Gasteiger partial charge in [-0.2, -0.15) is 0 Å². The molecule has 0 amide bonds. The van der Waals surface area contributed by atoms with E-state index in [0.717, 1.165) is 10.6 Å². The van der Waals surface area contributed by atoms with E-state index >= 15 is 0 Å². The molecule has 27 heavy (non-hydrogen) atoms. The van der Waals surface area contributed by atoms with Crippen LogP contribution in [0.2, 0.25) is 0 Å². The quantitative estimate of drug-likeness (QED) is 0.551. The third-order valence-corrected chi connectivity index (χ3v) is 5.87. The molecule has 2 aromatic heterocycles. The molecule has 142 valence electrons. The molecule has 0 fully saturated rings. The summed E-state index contributed by atoms with van der Waals surface area (Å²) >= 11 is 1.58. The predicted molar refractivity (Wildman–Crippen MR) is 104 cm³/mol. The average Bonchev–Trinajstić information content (AvgIpc) is 3.21. The Labute approximate surface area is 162 Å². The lowest BCUT2D eigenvalue weighted by Gasteiger charge is -2.09. The Morgan fingerprint density at radius 1 is 1.04 bits per heavy atom. The molecule has 0 atom stereocenters. The molecule has 2 heterocycles. The van der Waals surface area contributed by atoms with Gasteiger partial charge in [0.05, 0.1) is 16.4 Å². The molecule has 0 radical (unpaired) electrons. The van der Waals surface area contributed by atoms with Crippen molar-refractivity contribution in [2.45, 2.75) is 11.8 Å². The van der Waals surface area contributed by atoms with E-state index in [0.29, 0.717) is 18.2 Å². The van der Waals surface area contributed by atoms with Crippen LogP contribution in [0.4, 0.5) is 0 Å². The largest absolute Gasteiger partial charge is 0.494 e. The number of hydrogen-bond acceptors (Lipinski definition) is 7. The normalized spacial score (nSPS) is 11.3. The summed E-state index contributed by atoms with van der Waals surface area (Å²) in [5, 5.41) is 10.1. The first-order chi connectivity index (χ1) is 13.1. The Balaban J connectivity index is 1.49. The highest BCUT2D eigenvalue weighted by molar-refractivity contribution is 7.89. The SMILES string of the molecule is CCOc1ccc(S(=O)(=O)NCCOc2ccc(-c3cccs3)nn2)cc1. The highest BCUT2D eigenvalue weighted by Gasteiger charge is 2.13. The van der Waals surface area contributed by atoms with Gasteiger partial charge >= 0.3 is 0 Å². The second-order valence-corrected chi connectivity index (χ2v) is 8.10. The lowest BCUT2D eigenvalue weighted by Crippen LogP contribution is -2.28. The molecule has 7 nitrogen and oxygen atoms in total. The van der Waals surface area contributed by atoms with Crippen molar-refractivity contribution in [2.24, 2.45) is 0 Å². The summed E-state index contributed by atoms with van der Waals surface area (Å²) in [7, 11) is -3.60. The summed E-state index contributed by atoms with van der Waals surface area (Å²) in [6.07, 6.45) is 0. The van der Waals surface area contributed by atoms with Crippen LogP contribution < -0.4 is 14.2 Å². The Morgan fingerprint density at radius 2 is 1.85 bits per heavy atom. The molecule has 0 saturated heterocycles. The first-order valence-electron chi connectivity index (χ1n) is 8.31. The average molecular weight is 406 g/mol. The number of sulfonamides is 1. The Hall–Kier alpha value is -2.49. The van der Waals surface area contributed by atoms with Crippen molar-refractivity contribution in [1.29, 1.82) is 0 Å². The van der Waals surface area contributed by atoms with Crippen LogP contribution in [-0.2, 0) is 10.0 Å². The summed E-state index contributed by atoms with van der Waals surface area (Å²) in [5.41, 5.74) is 0.772. The van der Waals surface area contributed by atoms with Crippen LogP contribution in [0.3, 0.4) is 0 Å². The van der Waals surface area contributed by atoms with Crippen LogP contribution in [0, 0.1) is 0 Å². The highest BCUT2D eigenvalue weighted by atomic mass is 32.2. The van der Waals surface area contributed by atoms with E-state index in [1.807, 2.05) is 30.5 Å². The molecule has 3 rings (SSSR count). The topological polar surface area (TPSA) is 90.4 Å². The molecular formula is C18H19N3O4S2. The van der Waals surface area contributed by atoms with Crippen molar-refractivity contribution in [2.75, 3.05) is 19.8 Å². The van der Waals surface area contributed by atoms with Gasteiger partial charge in [0.2, 0.25) is 15.9 Å². The van der Waals surface area contributed by atoms with Gasteiger partial charge in [-0.25, -0.2) is 13.1 Å². The van der Waals surface area contributed by atoms with E-state index in [4.69, 9.17) is 9.47 Å². The fraction of sp³-hybridized carbons (Fsp3) is 0.222. The van der Waals surface area contributed by atoms with E-state index in [-0.39, 0.29) is 18.0 Å². The maximum absolute atomic E-state index is 12.3. The molecule has 0 unspecified atom stereocenters. The zero-order valence-electron chi connectivity index (χ0n) is 14.7. The number of hydrogen-bond donors (Lipinski definition) is 1. The summed E-state index contributed by atoms with van der Waals surface area (Å²) in [6, 6.07) is 13.7. The molecule has 0 aliphatic carbocycles. The van der Waals surface area contributed by atoms with Gasteiger partial charge in [-0.15, -0.1) is 21.5 Å². The summed E-state index contributed by atoms with van der Waals surface area (Å²) in [5.74, 6) is 0.972. The van der Waals surface area contributed by atoms with Crippen molar-refractivity contribution >= 4 is 21.4 Å². The molecule has 0 spiro atoms. The van der Waals surface area contributed by atoms with E-state index in [1.54, 1.807) is 29.5 Å². The Kier molecular flexibility index (Phi) is 6.38. The van der Waals surface area contributed by atoms with Crippen LogP contribution in [0.25, 0.3) is 10.6 Å². The Bertz CT molecular complexity index is 941. The standard InChI is InChI=1S/C18H19N3O4S2/c1-2-24-14-5-7-15(8-6-14)27(22,23)19-11-12-25-18-10-9-16(20-21-18)17-4-3-13-26-17/h3-10,13,19H,2,11-12H2,1H3. The molecule has 3 aromatic rings. The Morgan fingerprint density at radius 3 is 2.48 bits per heavy atom. The lowest BCUT2D eigenvalue weighted by molar-refractivity contribution is 0.307. The van der Waals surface area contributed by atoms with E-state index < -0.39 is 10.0 Å². The second kappa shape index (κ2) is 8.94. The number of rotatable bonds is 9. The zero-order valence-corrected chi connectivity index (χ0v) is 16.3. The minimum atomic E-state index is -3.60. The van der Waals surface area contributed by atoms with E-state index in [2.05, 4.69) is 14.9 Å². The van der Waals surface area contributed by atoms with Gasteiger partial charge in [0.15, 0.2) is 0 Å². The maximum atomic E-state index is 12.3. The minimum Gasteiger partial charge on any atom is -0.494 e. The number of benzene rings is 1. The van der Waals surface area contributed by atoms with E-state index in [9.17, 15) is 8.42 Å². The van der Waals surface area contributed by atoms with Gasteiger partial charge in [0.25, 0.3) is 0 Å². The second-order valence-electron chi connectivity index (χ2n) is 5.38. The third kappa shape index (κ3) is 5.25. The van der Waals surface area contributed by atoms with Crippen LogP contribution in [-0.4, -0.2) is 38.4 Å². The number of nitrogens with zero attached hydrogens (tertiary/aromatic N) is 2. The third-order valence-electron chi connectivity index (χ3n) is 3.50. The zero-order chi connectivity index (χ0) is 19.1. The van der Waals surface area contributed by atoms with Gasteiger partial charge in [-0.1, -0.05) is 6.07 Å². The van der Waals surface area contributed by atoms with Crippen molar-refractivity contribution < 1.29 is 17.9 Å². The number of ether oxygens (including phenoxy) is 2. The van der Waals surface area contributed by atoms with Gasteiger partial charge in [-0.05, 0) is 48.7 Å². The van der Waals surface area contributed by atoms with Crippen LogP contribution >= 0.6 is 11.3 Å². The van der Waals surface area contributed by atoms with Crippen LogP contribution in [0.5, 0.6) is 11.6 Å². The smallest absolute Gasteiger partial charge is 0.240 e. The summed E-state index contributed by atoms with van der Waals surface area (Å²) in [6.45, 7) is 2.65. The van der Waals surface area contributed by atoms with Crippen molar-refractivity contribution in [3.05, 3.63) is 53.9 Å². The van der Waals surface area contributed by atoms with Crippen molar-refractivity contribution in [1.82, 2.24) is 14.9 Å². The number of nitrogens with one attached hydrogen (secondary N) is 1. The molecule has 0 saturated carbocycles. The molecular weight excluding hydrogens is 386 g/mol. The molecule has 0 aliphatic heterocycles.